The van der Waals surface area contributed by atoms with Crippen molar-refractivity contribution in [2.24, 2.45) is 0 Å². The van der Waals surface area contributed by atoms with Gasteiger partial charge in [-0.05, 0) is 38.4 Å². The number of hydrogen-bond donors (Lipinski definition) is 1. The summed E-state index contributed by atoms with van der Waals surface area (Å²) in [5.41, 5.74) is 0.918. The van der Waals surface area contributed by atoms with Gasteiger partial charge in [-0.1, -0.05) is 0 Å². The van der Waals surface area contributed by atoms with Gasteiger partial charge in [0.15, 0.2) is 0 Å². The predicted molar refractivity (Wildman–Crippen MR) is 66.1 cm³/mol. The largest absolute Gasteiger partial charge is 0.355 e. The maximum absolute atomic E-state index is 5.88. The molecule has 1 unspecified atom stereocenters. The van der Waals surface area contributed by atoms with Gasteiger partial charge in [-0.25, -0.2) is 9.97 Å². The van der Waals surface area contributed by atoms with Crippen LogP contribution in [0.15, 0.2) is 6.07 Å². The van der Waals surface area contributed by atoms with E-state index in [-0.39, 0.29) is 0 Å². The van der Waals surface area contributed by atoms with Gasteiger partial charge in [0.1, 0.15) is 5.82 Å². The summed E-state index contributed by atoms with van der Waals surface area (Å²) in [6.07, 6.45) is 2.41. The lowest BCUT2D eigenvalue weighted by Gasteiger charge is -2.33. The summed E-state index contributed by atoms with van der Waals surface area (Å²) in [6.45, 7) is 3.98. The molecule has 4 nitrogen and oxygen atoms in total. The van der Waals surface area contributed by atoms with Crippen LogP contribution in [0.3, 0.4) is 0 Å². The number of halogens is 1. The van der Waals surface area contributed by atoms with E-state index in [0.29, 0.717) is 11.3 Å². The molecule has 2 rings (SSSR count). The van der Waals surface area contributed by atoms with Crippen LogP contribution >= 0.6 is 11.6 Å². The van der Waals surface area contributed by atoms with Gasteiger partial charge in [-0.2, -0.15) is 0 Å². The van der Waals surface area contributed by atoms with Crippen molar-refractivity contribution in [2.75, 3.05) is 25.0 Å². The average molecular weight is 241 g/mol. The van der Waals surface area contributed by atoms with E-state index in [1.165, 1.54) is 12.8 Å². The summed E-state index contributed by atoms with van der Waals surface area (Å²) in [5, 5.41) is 3.65. The lowest BCUT2D eigenvalue weighted by Crippen LogP contribution is -2.44. The van der Waals surface area contributed by atoms with Gasteiger partial charge >= 0.3 is 0 Å². The van der Waals surface area contributed by atoms with Gasteiger partial charge < -0.3 is 10.2 Å². The first-order chi connectivity index (χ1) is 7.69. The number of aromatic nitrogens is 2. The van der Waals surface area contributed by atoms with Gasteiger partial charge in [-0.3, -0.25) is 0 Å². The smallest absolute Gasteiger partial charge is 0.224 e. The van der Waals surface area contributed by atoms with Crippen molar-refractivity contribution in [3.8, 4) is 0 Å². The molecule has 16 heavy (non-hydrogen) atoms. The molecule has 1 aliphatic heterocycles. The maximum atomic E-state index is 5.88. The highest BCUT2D eigenvalue weighted by Crippen LogP contribution is 2.19. The van der Waals surface area contributed by atoms with E-state index >= 15 is 0 Å². The summed E-state index contributed by atoms with van der Waals surface area (Å²) in [5.74, 6) is 0.942. The third-order valence-electron chi connectivity index (χ3n) is 2.97. The fourth-order valence-corrected chi connectivity index (χ4v) is 2.32. The first kappa shape index (κ1) is 11.6. The molecule has 2 heterocycles. The highest BCUT2D eigenvalue weighted by molar-refractivity contribution is 6.28. The van der Waals surface area contributed by atoms with Crippen molar-refractivity contribution < 1.29 is 0 Å². The molecule has 1 aromatic heterocycles. The molecular formula is C11H17ClN4. The third-order valence-corrected chi connectivity index (χ3v) is 3.14. The van der Waals surface area contributed by atoms with Crippen LogP contribution in [0, 0.1) is 6.92 Å². The summed E-state index contributed by atoms with van der Waals surface area (Å²) < 4.78 is 0. The molecule has 1 saturated heterocycles. The Morgan fingerprint density at radius 3 is 3.00 bits per heavy atom. The number of anilines is 1. The van der Waals surface area contributed by atoms with Crippen LogP contribution < -0.4 is 10.2 Å². The highest BCUT2D eigenvalue weighted by Gasteiger charge is 2.19. The molecule has 1 atom stereocenters. The van der Waals surface area contributed by atoms with Crippen LogP contribution in [0.1, 0.15) is 18.5 Å². The SMILES string of the molecule is CNC1CCCN(c2cc(C)nc(Cl)n2)C1. The first-order valence-electron chi connectivity index (χ1n) is 5.62. The molecule has 5 heteroatoms. The Morgan fingerprint density at radius 1 is 1.50 bits per heavy atom. The van der Waals surface area contributed by atoms with Crippen LogP contribution in [-0.4, -0.2) is 36.1 Å². The van der Waals surface area contributed by atoms with Crippen molar-refractivity contribution in [3.05, 3.63) is 17.0 Å². The van der Waals surface area contributed by atoms with Gasteiger partial charge in [0.25, 0.3) is 0 Å². The second kappa shape index (κ2) is 4.97. The van der Waals surface area contributed by atoms with Gasteiger partial charge in [0.2, 0.25) is 5.28 Å². The number of nitrogens with one attached hydrogen (secondary N) is 1. The zero-order valence-corrected chi connectivity index (χ0v) is 10.5. The second-order valence-corrected chi connectivity index (χ2v) is 4.55. The van der Waals surface area contributed by atoms with E-state index in [1.807, 2.05) is 20.0 Å². The van der Waals surface area contributed by atoms with Crippen molar-refractivity contribution in [2.45, 2.75) is 25.8 Å². The van der Waals surface area contributed by atoms with Crippen LogP contribution in [0.25, 0.3) is 0 Å². The summed E-state index contributed by atoms with van der Waals surface area (Å²) in [6, 6.07) is 2.53. The molecular weight excluding hydrogens is 224 g/mol. The Kier molecular flexibility index (Phi) is 3.61. The monoisotopic (exact) mass is 240 g/mol. The molecule has 1 aromatic rings. The summed E-state index contributed by atoms with van der Waals surface area (Å²) >= 11 is 5.88. The van der Waals surface area contributed by atoms with E-state index in [2.05, 4.69) is 20.2 Å². The molecule has 0 amide bonds. The van der Waals surface area contributed by atoms with Crippen LogP contribution in [-0.2, 0) is 0 Å². The molecule has 0 bridgehead atoms. The number of hydrogen-bond acceptors (Lipinski definition) is 4. The van der Waals surface area contributed by atoms with E-state index in [1.54, 1.807) is 0 Å². The predicted octanol–water partition coefficient (Wildman–Crippen LogP) is 1.63. The second-order valence-electron chi connectivity index (χ2n) is 4.21. The van der Waals surface area contributed by atoms with Crippen LogP contribution in [0.2, 0.25) is 5.28 Å². The molecule has 0 spiro atoms. The maximum Gasteiger partial charge on any atom is 0.224 e. The highest BCUT2D eigenvalue weighted by atomic mass is 35.5. The molecule has 0 aliphatic carbocycles. The fourth-order valence-electron chi connectivity index (χ4n) is 2.10. The topological polar surface area (TPSA) is 41.0 Å². The van der Waals surface area contributed by atoms with E-state index in [9.17, 15) is 0 Å². The molecule has 0 aromatic carbocycles. The quantitative estimate of drug-likeness (QED) is 0.798. The summed E-state index contributed by atoms with van der Waals surface area (Å²) in [7, 11) is 2.01. The minimum absolute atomic E-state index is 0.335. The molecule has 1 aliphatic rings. The van der Waals surface area contributed by atoms with Crippen molar-refractivity contribution >= 4 is 17.4 Å². The molecule has 1 fully saturated rings. The zero-order chi connectivity index (χ0) is 11.5. The third kappa shape index (κ3) is 2.62. The number of nitrogens with zero attached hydrogens (tertiary/aromatic N) is 3. The number of piperidine rings is 1. The molecule has 0 saturated carbocycles. The Bertz CT molecular complexity index is 349. The zero-order valence-electron chi connectivity index (χ0n) is 9.70. The summed E-state index contributed by atoms with van der Waals surface area (Å²) in [4.78, 5) is 10.6. The minimum atomic E-state index is 0.335. The number of likely N-dealkylation sites (N-methyl/N-ethyl adjacent to an activating group) is 1. The van der Waals surface area contributed by atoms with E-state index in [4.69, 9.17) is 11.6 Å². The Hall–Kier alpha value is -0.870. The van der Waals surface area contributed by atoms with E-state index in [0.717, 1.165) is 24.6 Å². The van der Waals surface area contributed by atoms with Crippen molar-refractivity contribution in [1.29, 1.82) is 0 Å². The normalized spacial score (nSPS) is 21.2. The molecule has 88 valence electrons. The van der Waals surface area contributed by atoms with Gasteiger partial charge in [-0.15, -0.1) is 0 Å². The lowest BCUT2D eigenvalue weighted by atomic mass is 10.1. The Balaban J connectivity index is 2.16. The number of aryl methyl sites for hydroxylation is 1. The number of rotatable bonds is 2. The van der Waals surface area contributed by atoms with Crippen LogP contribution in [0.5, 0.6) is 0 Å². The van der Waals surface area contributed by atoms with Gasteiger partial charge in [0.05, 0.1) is 0 Å². The first-order valence-corrected chi connectivity index (χ1v) is 6.00. The molecule has 0 radical (unpaired) electrons. The standard InChI is InChI=1S/C11H17ClN4/c1-8-6-10(15-11(12)14-8)16-5-3-4-9(7-16)13-2/h6,9,13H,3-5,7H2,1-2H3. The average Bonchev–Trinajstić information content (AvgIpc) is 2.28. The fraction of sp³-hybridized carbons (Fsp3) is 0.636. The van der Waals surface area contributed by atoms with E-state index < -0.39 is 0 Å². The molecule has 1 N–H and O–H groups in total. The Labute approximate surface area is 101 Å². The van der Waals surface area contributed by atoms with Crippen LogP contribution in [0.4, 0.5) is 5.82 Å². The van der Waals surface area contributed by atoms with Gasteiger partial charge in [0, 0.05) is 30.9 Å². The minimum Gasteiger partial charge on any atom is -0.355 e. The van der Waals surface area contributed by atoms with Crippen molar-refractivity contribution in [3.63, 3.8) is 0 Å². The Morgan fingerprint density at radius 2 is 2.31 bits per heavy atom. The lowest BCUT2D eigenvalue weighted by molar-refractivity contribution is 0.447. The van der Waals surface area contributed by atoms with Crippen molar-refractivity contribution in [1.82, 2.24) is 15.3 Å².